The maximum atomic E-state index is 3.70. The molecule has 2 heteroatoms. The summed E-state index contributed by atoms with van der Waals surface area (Å²) in [4.78, 5) is 2.69. The second kappa shape index (κ2) is 6.75. The van der Waals surface area contributed by atoms with Crippen LogP contribution in [-0.4, -0.2) is 36.6 Å². The number of hydrogen-bond donors (Lipinski definition) is 1. The smallest absolute Gasteiger partial charge is 0.0254 e. The lowest BCUT2D eigenvalue weighted by atomic mass is 9.72. The van der Waals surface area contributed by atoms with Gasteiger partial charge in [0, 0.05) is 12.1 Å². The Morgan fingerprint density at radius 1 is 1.24 bits per heavy atom. The zero-order valence-corrected chi connectivity index (χ0v) is 12.6. The van der Waals surface area contributed by atoms with Crippen molar-refractivity contribution in [2.24, 2.45) is 5.41 Å². The summed E-state index contributed by atoms with van der Waals surface area (Å²) in [7, 11) is 0. The number of rotatable bonds is 6. The highest BCUT2D eigenvalue weighted by Gasteiger charge is 2.36. The lowest BCUT2D eigenvalue weighted by Gasteiger charge is -2.46. The first-order valence-electron chi connectivity index (χ1n) is 7.51. The van der Waals surface area contributed by atoms with Gasteiger partial charge in [-0.1, -0.05) is 34.6 Å². The minimum atomic E-state index is 0.526. The Morgan fingerprint density at radius 2 is 1.94 bits per heavy atom. The molecule has 1 N–H and O–H groups in total. The predicted molar refractivity (Wildman–Crippen MR) is 76.4 cm³/mol. The Balaban J connectivity index is 2.71. The average molecular weight is 240 g/mol. The summed E-state index contributed by atoms with van der Waals surface area (Å²) in [6.07, 6.45) is 5.32. The second-order valence-corrected chi connectivity index (χ2v) is 6.27. The molecule has 0 heterocycles. The Hall–Kier alpha value is -0.0800. The summed E-state index contributed by atoms with van der Waals surface area (Å²) in [6.45, 7) is 15.2. The molecule has 1 fully saturated rings. The minimum absolute atomic E-state index is 0.526. The molecule has 2 nitrogen and oxygen atoms in total. The van der Waals surface area contributed by atoms with Crippen LogP contribution in [0.3, 0.4) is 0 Å². The van der Waals surface area contributed by atoms with Crippen LogP contribution in [-0.2, 0) is 0 Å². The lowest BCUT2D eigenvalue weighted by molar-refractivity contribution is 0.0687. The van der Waals surface area contributed by atoms with Crippen LogP contribution in [0.1, 0.15) is 60.3 Å². The first-order chi connectivity index (χ1) is 8.04. The number of likely N-dealkylation sites (N-methyl/N-ethyl adjacent to an activating group) is 2. The van der Waals surface area contributed by atoms with E-state index >= 15 is 0 Å². The van der Waals surface area contributed by atoms with Crippen LogP contribution >= 0.6 is 0 Å². The molecule has 102 valence electrons. The normalized spacial score (nSPS) is 28.6. The molecule has 0 aromatic heterocycles. The van der Waals surface area contributed by atoms with Crippen LogP contribution in [0.25, 0.3) is 0 Å². The van der Waals surface area contributed by atoms with Gasteiger partial charge in [-0.05, 0) is 50.7 Å². The summed E-state index contributed by atoms with van der Waals surface area (Å²) >= 11 is 0. The summed E-state index contributed by atoms with van der Waals surface area (Å²) in [5, 5.41) is 3.70. The molecule has 1 saturated carbocycles. The van der Waals surface area contributed by atoms with Crippen molar-refractivity contribution < 1.29 is 0 Å². The van der Waals surface area contributed by atoms with Gasteiger partial charge in [-0.15, -0.1) is 0 Å². The SMILES string of the molecule is CCCN(CC)C1CC(C)(C)CCC1NCC. The Kier molecular flexibility index (Phi) is 5.94. The Bertz CT molecular complexity index is 205. The van der Waals surface area contributed by atoms with E-state index in [9.17, 15) is 0 Å². The van der Waals surface area contributed by atoms with E-state index in [1.54, 1.807) is 0 Å². The number of nitrogens with one attached hydrogen (secondary N) is 1. The van der Waals surface area contributed by atoms with Gasteiger partial charge < -0.3 is 5.32 Å². The van der Waals surface area contributed by atoms with Gasteiger partial charge in [-0.2, -0.15) is 0 Å². The molecule has 0 aromatic rings. The monoisotopic (exact) mass is 240 g/mol. The van der Waals surface area contributed by atoms with Crippen molar-refractivity contribution >= 4 is 0 Å². The van der Waals surface area contributed by atoms with Crippen molar-refractivity contribution in [3.63, 3.8) is 0 Å². The molecule has 0 spiro atoms. The zero-order chi connectivity index (χ0) is 12.9. The van der Waals surface area contributed by atoms with E-state index in [0.717, 1.165) is 12.6 Å². The van der Waals surface area contributed by atoms with E-state index in [1.807, 2.05) is 0 Å². The highest BCUT2D eigenvalue weighted by atomic mass is 15.2. The molecule has 1 aliphatic rings. The van der Waals surface area contributed by atoms with E-state index < -0.39 is 0 Å². The van der Waals surface area contributed by atoms with Crippen molar-refractivity contribution in [3.8, 4) is 0 Å². The first kappa shape index (κ1) is 15.0. The largest absolute Gasteiger partial charge is 0.313 e. The second-order valence-electron chi connectivity index (χ2n) is 6.27. The first-order valence-corrected chi connectivity index (χ1v) is 7.51. The molecule has 1 rings (SSSR count). The molecular formula is C15H32N2. The Morgan fingerprint density at radius 3 is 2.47 bits per heavy atom. The fraction of sp³-hybridized carbons (Fsp3) is 1.00. The van der Waals surface area contributed by atoms with E-state index in [-0.39, 0.29) is 0 Å². The third-order valence-electron chi connectivity index (χ3n) is 4.21. The van der Waals surface area contributed by atoms with E-state index in [2.05, 4.69) is 44.8 Å². The van der Waals surface area contributed by atoms with Crippen LogP contribution in [0.15, 0.2) is 0 Å². The van der Waals surface area contributed by atoms with E-state index in [4.69, 9.17) is 0 Å². The number of nitrogens with zero attached hydrogens (tertiary/aromatic N) is 1. The van der Waals surface area contributed by atoms with Crippen molar-refractivity contribution in [2.45, 2.75) is 72.4 Å². The fourth-order valence-corrected chi connectivity index (χ4v) is 3.28. The quantitative estimate of drug-likeness (QED) is 0.766. The summed E-state index contributed by atoms with van der Waals surface area (Å²) in [5.41, 5.74) is 0.526. The van der Waals surface area contributed by atoms with Crippen LogP contribution in [0.5, 0.6) is 0 Å². The van der Waals surface area contributed by atoms with E-state index in [1.165, 1.54) is 38.8 Å². The Labute approximate surface area is 108 Å². The highest BCUT2D eigenvalue weighted by molar-refractivity contribution is 4.94. The molecule has 0 aliphatic heterocycles. The highest BCUT2D eigenvalue weighted by Crippen LogP contribution is 2.37. The molecular weight excluding hydrogens is 208 g/mol. The van der Waals surface area contributed by atoms with Gasteiger partial charge in [0.1, 0.15) is 0 Å². The summed E-state index contributed by atoms with van der Waals surface area (Å²) in [6, 6.07) is 1.45. The van der Waals surface area contributed by atoms with Gasteiger partial charge in [0.15, 0.2) is 0 Å². The van der Waals surface area contributed by atoms with Crippen LogP contribution < -0.4 is 5.32 Å². The van der Waals surface area contributed by atoms with Crippen LogP contribution in [0.4, 0.5) is 0 Å². The molecule has 0 bridgehead atoms. The molecule has 0 amide bonds. The molecule has 0 radical (unpaired) electrons. The van der Waals surface area contributed by atoms with Crippen molar-refractivity contribution in [2.75, 3.05) is 19.6 Å². The molecule has 0 aromatic carbocycles. The van der Waals surface area contributed by atoms with Gasteiger partial charge in [0.2, 0.25) is 0 Å². The maximum absolute atomic E-state index is 3.70. The van der Waals surface area contributed by atoms with Gasteiger partial charge in [0.05, 0.1) is 0 Å². The summed E-state index contributed by atoms with van der Waals surface area (Å²) in [5.74, 6) is 0. The topological polar surface area (TPSA) is 15.3 Å². The van der Waals surface area contributed by atoms with Crippen LogP contribution in [0.2, 0.25) is 0 Å². The lowest BCUT2D eigenvalue weighted by Crippen LogP contribution is -2.54. The maximum Gasteiger partial charge on any atom is 0.0254 e. The van der Waals surface area contributed by atoms with Crippen molar-refractivity contribution in [1.82, 2.24) is 10.2 Å². The molecule has 0 saturated heterocycles. The zero-order valence-electron chi connectivity index (χ0n) is 12.6. The molecule has 2 atom stereocenters. The van der Waals surface area contributed by atoms with Gasteiger partial charge in [-0.3, -0.25) is 4.90 Å². The average Bonchev–Trinajstić information content (AvgIpc) is 2.28. The predicted octanol–water partition coefficient (Wildman–Crippen LogP) is 3.28. The standard InChI is InChI=1S/C15H32N2/c1-6-11-17(8-3)14-12-15(4,5)10-9-13(14)16-7-2/h13-14,16H,6-12H2,1-5H3. The van der Waals surface area contributed by atoms with Crippen LogP contribution in [0, 0.1) is 5.41 Å². The third kappa shape index (κ3) is 4.26. The molecule has 2 unspecified atom stereocenters. The molecule has 17 heavy (non-hydrogen) atoms. The van der Waals surface area contributed by atoms with Gasteiger partial charge in [0.25, 0.3) is 0 Å². The van der Waals surface area contributed by atoms with Crippen molar-refractivity contribution in [3.05, 3.63) is 0 Å². The van der Waals surface area contributed by atoms with Crippen molar-refractivity contribution in [1.29, 1.82) is 0 Å². The fourth-order valence-electron chi connectivity index (χ4n) is 3.28. The van der Waals surface area contributed by atoms with E-state index in [0.29, 0.717) is 11.5 Å². The van der Waals surface area contributed by atoms with Gasteiger partial charge >= 0.3 is 0 Å². The van der Waals surface area contributed by atoms with Gasteiger partial charge in [-0.25, -0.2) is 0 Å². The molecule has 1 aliphatic carbocycles. The number of hydrogen-bond acceptors (Lipinski definition) is 2. The summed E-state index contributed by atoms with van der Waals surface area (Å²) < 4.78 is 0. The third-order valence-corrected chi connectivity index (χ3v) is 4.21. The minimum Gasteiger partial charge on any atom is -0.313 e.